The monoisotopic (exact) mass is 530 g/mol. The first-order valence-electron chi connectivity index (χ1n) is 14.0. The van der Waals surface area contributed by atoms with Crippen LogP contribution < -0.4 is 4.90 Å². The van der Waals surface area contributed by atoms with Crippen molar-refractivity contribution in [3.8, 4) is 5.69 Å². The summed E-state index contributed by atoms with van der Waals surface area (Å²) in [7, 11) is 0. The molecule has 0 N–H and O–H groups in total. The number of hydrogen-bond donors (Lipinski definition) is 0. The molecule has 2 aromatic heterocycles. The zero-order valence-electron chi connectivity index (χ0n) is 23.1. The highest BCUT2D eigenvalue weighted by Crippen LogP contribution is 2.30. The van der Waals surface area contributed by atoms with Gasteiger partial charge in [-0.15, -0.1) is 0 Å². The number of amides is 1. The molecule has 0 aliphatic carbocycles. The Balaban J connectivity index is 1.34. The Hall–Kier alpha value is -4.52. The Morgan fingerprint density at radius 1 is 0.775 bits per heavy atom. The van der Waals surface area contributed by atoms with Gasteiger partial charge in [0.25, 0.3) is 0 Å². The maximum absolute atomic E-state index is 13.1. The highest BCUT2D eigenvalue weighted by molar-refractivity contribution is 5.91. The van der Waals surface area contributed by atoms with E-state index in [2.05, 4.69) is 48.2 Å². The minimum atomic E-state index is 0.175. The Morgan fingerprint density at radius 3 is 2.25 bits per heavy atom. The van der Waals surface area contributed by atoms with E-state index in [4.69, 9.17) is 15.1 Å². The molecule has 1 aliphatic rings. The van der Waals surface area contributed by atoms with Gasteiger partial charge in [-0.3, -0.25) is 4.79 Å². The number of hydrogen-bond acceptors (Lipinski definition) is 5. The molecule has 1 fully saturated rings. The van der Waals surface area contributed by atoms with Crippen molar-refractivity contribution in [2.75, 3.05) is 31.1 Å². The zero-order valence-corrected chi connectivity index (χ0v) is 23.1. The summed E-state index contributed by atoms with van der Waals surface area (Å²) < 4.78 is 1.93. The minimum absolute atomic E-state index is 0.175. The molecule has 0 unspecified atom stereocenters. The van der Waals surface area contributed by atoms with Crippen molar-refractivity contribution in [2.45, 2.75) is 33.1 Å². The van der Waals surface area contributed by atoms with Crippen molar-refractivity contribution in [3.05, 3.63) is 113 Å². The fourth-order valence-corrected chi connectivity index (χ4v) is 5.41. The molecule has 6 rings (SSSR count). The molecule has 7 nitrogen and oxygen atoms in total. The second-order valence-corrected chi connectivity index (χ2v) is 10.5. The highest BCUT2D eigenvalue weighted by Gasteiger charge is 2.25. The third kappa shape index (κ3) is 5.45. The number of carbonyl (C=O) groups is 1. The molecule has 0 atom stereocenters. The fraction of sp³-hybridized carbons (Fsp3) is 0.273. The molecule has 0 spiro atoms. The summed E-state index contributed by atoms with van der Waals surface area (Å²) in [6, 6.07) is 28.7. The van der Waals surface area contributed by atoms with Gasteiger partial charge in [-0.2, -0.15) is 5.10 Å². The second-order valence-electron chi connectivity index (χ2n) is 10.5. The van der Waals surface area contributed by atoms with Crippen molar-refractivity contribution >= 4 is 22.8 Å². The lowest BCUT2D eigenvalue weighted by atomic mass is 10.1. The van der Waals surface area contributed by atoms with Crippen LogP contribution in [-0.2, 0) is 17.6 Å². The third-order valence-corrected chi connectivity index (χ3v) is 7.56. The van der Waals surface area contributed by atoms with Gasteiger partial charge >= 0.3 is 0 Å². The first-order valence-corrected chi connectivity index (χ1v) is 14.0. The average Bonchev–Trinajstić information content (AvgIpc) is 3.14. The maximum atomic E-state index is 13.1. The quantitative estimate of drug-likeness (QED) is 0.298. The van der Waals surface area contributed by atoms with E-state index in [1.54, 1.807) is 0 Å². The molecule has 1 aliphatic heterocycles. The van der Waals surface area contributed by atoms with Gasteiger partial charge in [-0.1, -0.05) is 78.4 Å². The summed E-state index contributed by atoms with van der Waals surface area (Å²) in [5.41, 5.74) is 6.14. The molecule has 7 heteroatoms. The lowest BCUT2D eigenvalue weighted by Crippen LogP contribution is -2.36. The summed E-state index contributed by atoms with van der Waals surface area (Å²) in [6.45, 7) is 7.07. The minimum Gasteiger partial charge on any atom is -0.354 e. The van der Waals surface area contributed by atoms with Crippen LogP contribution in [0.4, 0.5) is 5.82 Å². The summed E-state index contributed by atoms with van der Waals surface area (Å²) >= 11 is 0. The van der Waals surface area contributed by atoms with Gasteiger partial charge in [0.1, 0.15) is 11.6 Å². The van der Waals surface area contributed by atoms with E-state index in [1.165, 1.54) is 11.1 Å². The number of nitrogens with zero attached hydrogens (tertiary/aromatic N) is 6. The summed E-state index contributed by atoms with van der Waals surface area (Å²) in [5, 5.41) is 5.88. The number of para-hydroxylation sites is 1. The molecule has 3 aromatic carbocycles. The number of aromatic nitrogens is 4. The Bertz CT molecular complexity index is 1610. The average molecular weight is 531 g/mol. The molecule has 1 amide bonds. The molecule has 5 aromatic rings. The normalized spacial score (nSPS) is 13.9. The number of aryl methyl sites for hydroxylation is 2. The Kier molecular flexibility index (Phi) is 7.27. The van der Waals surface area contributed by atoms with Gasteiger partial charge in [0.2, 0.25) is 5.91 Å². The Morgan fingerprint density at radius 2 is 1.50 bits per heavy atom. The van der Waals surface area contributed by atoms with Crippen molar-refractivity contribution in [2.24, 2.45) is 0 Å². The maximum Gasteiger partial charge on any atom is 0.227 e. The fourth-order valence-electron chi connectivity index (χ4n) is 5.41. The van der Waals surface area contributed by atoms with Gasteiger partial charge in [0.15, 0.2) is 5.65 Å². The number of fused-ring (bicyclic) bond motifs is 1. The van der Waals surface area contributed by atoms with Gasteiger partial charge in [0.05, 0.1) is 23.2 Å². The van der Waals surface area contributed by atoms with Crippen LogP contribution in [-0.4, -0.2) is 56.7 Å². The summed E-state index contributed by atoms with van der Waals surface area (Å²) in [5.74, 6) is 1.85. The number of benzene rings is 3. The van der Waals surface area contributed by atoms with Crippen LogP contribution in [0.25, 0.3) is 16.7 Å². The van der Waals surface area contributed by atoms with E-state index in [0.717, 1.165) is 59.1 Å². The molecule has 3 heterocycles. The molecule has 0 saturated carbocycles. The summed E-state index contributed by atoms with van der Waals surface area (Å²) in [6.07, 6.45) is 1.95. The molecule has 1 saturated heterocycles. The van der Waals surface area contributed by atoms with Gasteiger partial charge in [-0.05, 0) is 43.5 Å². The predicted molar refractivity (Wildman–Crippen MR) is 159 cm³/mol. The number of rotatable bonds is 6. The Labute approximate surface area is 235 Å². The second kappa shape index (κ2) is 11.3. The molecule has 202 valence electrons. The predicted octanol–water partition coefficient (Wildman–Crippen LogP) is 5.30. The van der Waals surface area contributed by atoms with Crippen molar-refractivity contribution < 1.29 is 4.79 Å². The lowest BCUT2D eigenvalue weighted by Gasteiger charge is -2.24. The number of anilines is 1. The van der Waals surface area contributed by atoms with E-state index < -0.39 is 0 Å². The number of carbonyl (C=O) groups excluding carboxylic acids is 1. The van der Waals surface area contributed by atoms with Crippen LogP contribution in [0.2, 0.25) is 0 Å². The standard InChI is InChI=1S/C33H34N6O/c1-24-14-16-27(17-15-24)22-29-34-32(31-25(2)36-39(33(31)35-29)28-12-7-4-8-13-28)38-19-9-18-37(20-21-38)30(40)23-26-10-5-3-6-11-26/h3-8,10-17H,9,18-23H2,1-2H3. The van der Waals surface area contributed by atoms with E-state index in [0.29, 0.717) is 25.9 Å². The molecular weight excluding hydrogens is 496 g/mol. The van der Waals surface area contributed by atoms with E-state index in [9.17, 15) is 4.79 Å². The van der Waals surface area contributed by atoms with Crippen LogP contribution >= 0.6 is 0 Å². The van der Waals surface area contributed by atoms with Crippen LogP contribution in [0.15, 0.2) is 84.9 Å². The van der Waals surface area contributed by atoms with Crippen molar-refractivity contribution in [1.29, 1.82) is 0 Å². The lowest BCUT2D eigenvalue weighted by molar-refractivity contribution is -0.130. The first-order chi connectivity index (χ1) is 19.5. The van der Waals surface area contributed by atoms with E-state index in [1.807, 2.05) is 65.0 Å². The zero-order chi connectivity index (χ0) is 27.5. The van der Waals surface area contributed by atoms with Crippen molar-refractivity contribution in [3.63, 3.8) is 0 Å². The van der Waals surface area contributed by atoms with Crippen LogP contribution in [0.5, 0.6) is 0 Å². The smallest absolute Gasteiger partial charge is 0.227 e. The van der Waals surface area contributed by atoms with Crippen LogP contribution in [0.3, 0.4) is 0 Å². The van der Waals surface area contributed by atoms with Crippen molar-refractivity contribution in [1.82, 2.24) is 24.6 Å². The van der Waals surface area contributed by atoms with Gasteiger partial charge in [0, 0.05) is 32.6 Å². The highest BCUT2D eigenvalue weighted by atomic mass is 16.2. The first kappa shape index (κ1) is 25.7. The van der Waals surface area contributed by atoms with E-state index >= 15 is 0 Å². The summed E-state index contributed by atoms with van der Waals surface area (Å²) in [4.78, 5) is 27.7. The van der Waals surface area contributed by atoms with Gasteiger partial charge < -0.3 is 9.80 Å². The largest absolute Gasteiger partial charge is 0.354 e. The van der Waals surface area contributed by atoms with Gasteiger partial charge in [-0.25, -0.2) is 14.6 Å². The molecule has 0 bridgehead atoms. The van der Waals surface area contributed by atoms with E-state index in [-0.39, 0.29) is 5.91 Å². The molecule has 40 heavy (non-hydrogen) atoms. The molecule has 0 radical (unpaired) electrons. The third-order valence-electron chi connectivity index (χ3n) is 7.56. The topological polar surface area (TPSA) is 67.2 Å². The van der Waals surface area contributed by atoms with Crippen LogP contribution in [0, 0.1) is 13.8 Å². The van der Waals surface area contributed by atoms with Crippen LogP contribution in [0.1, 0.15) is 34.6 Å². The molecular formula is C33H34N6O. The SMILES string of the molecule is Cc1ccc(Cc2nc(N3CCCN(C(=O)Cc4ccccc4)CC3)c3c(C)nn(-c4ccccc4)c3n2)cc1.